The van der Waals surface area contributed by atoms with Gasteiger partial charge in [0, 0.05) is 33.0 Å². The van der Waals surface area contributed by atoms with Crippen LogP contribution in [0.25, 0.3) is 88.5 Å². The van der Waals surface area contributed by atoms with Gasteiger partial charge in [-0.3, -0.25) is 0 Å². The molecular weight excluding hydrogens is 548 g/mol. The van der Waals surface area contributed by atoms with E-state index in [-0.39, 0.29) is 0 Å². The van der Waals surface area contributed by atoms with Crippen LogP contribution in [-0.2, 0) is 0 Å². The summed E-state index contributed by atoms with van der Waals surface area (Å²) in [6.07, 6.45) is 0. The molecule has 45 heavy (non-hydrogen) atoms. The highest BCUT2D eigenvalue weighted by atomic mass is 16.3. The molecule has 3 heteroatoms. The van der Waals surface area contributed by atoms with E-state index < -0.39 is 0 Å². The maximum Gasteiger partial charge on any atom is 0.160 e. The van der Waals surface area contributed by atoms with Gasteiger partial charge in [-0.1, -0.05) is 121 Å². The zero-order chi connectivity index (χ0) is 29.7. The molecule has 0 unspecified atom stereocenters. The SMILES string of the molecule is c1ccc(-c2cc(-c3ccc4ccccc4c3)nc(-c3ccc4oc5c(-c6ccccc6)c6ccccc6cc5c4c3)n2)cc1. The van der Waals surface area contributed by atoms with Gasteiger partial charge in [0.25, 0.3) is 0 Å². The van der Waals surface area contributed by atoms with Crippen molar-refractivity contribution in [1.82, 2.24) is 9.97 Å². The van der Waals surface area contributed by atoms with Crippen molar-refractivity contribution >= 4 is 43.5 Å². The molecule has 0 aliphatic carbocycles. The first-order chi connectivity index (χ1) is 22.3. The van der Waals surface area contributed by atoms with Gasteiger partial charge in [-0.15, -0.1) is 0 Å². The molecule has 0 atom stereocenters. The molecule has 2 heterocycles. The summed E-state index contributed by atoms with van der Waals surface area (Å²) in [4.78, 5) is 10.3. The Morgan fingerprint density at radius 1 is 0.378 bits per heavy atom. The first kappa shape index (κ1) is 25.4. The molecule has 210 valence electrons. The average Bonchev–Trinajstić information content (AvgIpc) is 3.48. The minimum Gasteiger partial charge on any atom is -0.455 e. The Morgan fingerprint density at radius 2 is 1.02 bits per heavy atom. The quantitative estimate of drug-likeness (QED) is 0.210. The Hall–Kier alpha value is -6.06. The van der Waals surface area contributed by atoms with E-state index in [0.717, 1.165) is 61.1 Å². The van der Waals surface area contributed by atoms with E-state index in [9.17, 15) is 0 Å². The van der Waals surface area contributed by atoms with Crippen LogP contribution in [0.3, 0.4) is 0 Å². The van der Waals surface area contributed by atoms with E-state index in [1.165, 1.54) is 21.5 Å². The third-order valence-electron chi connectivity index (χ3n) is 8.65. The summed E-state index contributed by atoms with van der Waals surface area (Å²) in [6.45, 7) is 0. The van der Waals surface area contributed by atoms with Crippen molar-refractivity contribution in [3.05, 3.63) is 158 Å². The normalized spacial score (nSPS) is 11.6. The number of rotatable bonds is 4. The molecule has 0 aliphatic heterocycles. The predicted molar refractivity (Wildman–Crippen MR) is 186 cm³/mol. The molecule has 9 aromatic rings. The molecule has 0 saturated carbocycles. The van der Waals surface area contributed by atoms with Gasteiger partial charge in [0.15, 0.2) is 5.82 Å². The summed E-state index contributed by atoms with van der Waals surface area (Å²) < 4.78 is 6.62. The molecule has 0 saturated heterocycles. The van der Waals surface area contributed by atoms with Crippen LogP contribution in [0.4, 0.5) is 0 Å². The van der Waals surface area contributed by atoms with E-state index in [0.29, 0.717) is 5.82 Å². The van der Waals surface area contributed by atoms with Gasteiger partial charge in [0.1, 0.15) is 11.2 Å². The van der Waals surface area contributed by atoms with Crippen molar-refractivity contribution in [2.24, 2.45) is 0 Å². The van der Waals surface area contributed by atoms with E-state index in [1.807, 2.05) is 24.3 Å². The van der Waals surface area contributed by atoms with Gasteiger partial charge < -0.3 is 4.42 Å². The molecule has 7 aromatic carbocycles. The second-order valence-electron chi connectivity index (χ2n) is 11.4. The summed E-state index contributed by atoms with van der Waals surface area (Å²) in [7, 11) is 0. The summed E-state index contributed by atoms with van der Waals surface area (Å²) in [5.74, 6) is 0.680. The zero-order valence-corrected chi connectivity index (χ0v) is 24.3. The number of hydrogen-bond donors (Lipinski definition) is 0. The van der Waals surface area contributed by atoms with Gasteiger partial charge in [0.05, 0.1) is 11.4 Å². The Morgan fingerprint density at radius 3 is 1.82 bits per heavy atom. The predicted octanol–water partition coefficient (Wildman–Crippen LogP) is 11.4. The molecule has 0 spiro atoms. The third-order valence-corrected chi connectivity index (χ3v) is 8.65. The van der Waals surface area contributed by atoms with Gasteiger partial charge >= 0.3 is 0 Å². The molecular formula is C42H26N2O. The molecule has 2 aromatic heterocycles. The van der Waals surface area contributed by atoms with Crippen LogP contribution in [0.2, 0.25) is 0 Å². The molecule has 9 rings (SSSR count). The highest BCUT2D eigenvalue weighted by Crippen LogP contribution is 2.42. The first-order valence-electron chi connectivity index (χ1n) is 15.2. The Balaban J connectivity index is 1.27. The largest absolute Gasteiger partial charge is 0.455 e. The van der Waals surface area contributed by atoms with E-state index in [4.69, 9.17) is 14.4 Å². The number of benzene rings is 7. The standard InChI is InChI=1S/C42H26N2O/c1-3-12-28(13-4-1)37-26-38(32-20-19-27-11-7-8-16-30(27)23-32)44-42(43-37)33-21-22-39-35(25-33)36-24-31-17-9-10-18-34(31)40(41(36)45-39)29-14-5-2-6-15-29/h1-26H. The van der Waals surface area contributed by atoms with Gasteiger partial charge in [-0.25, -0.2) is 9.97 Å². The fourth-order valence-electron chi connectivity index (χ4n) is 6.43. The zero-order valence-electron chi connectivity index (χ0n) is 24.3. The highest BCUT2D eigenvalue weighted by molar-refractivity contribution is 6.18. The summed E-state index contributed by atoms with van der Waals surface area (Å²) >= 11 is 0. The fraction of sp³-hybridized carbons (Fsp3) is 0. The smallest absolute Gasteiger partial charge is 0.160 e. The van der Waals surface area contributed by atoms with Crippen molar-refractivity contribution in [3.63, 3.8) is 0 Å². The maximum atomic E-state index is 6.62. The number of hydrogen-bond acceptors (Lipinski definition) is 3. The lowest BCUT2D eigenvalue weighted by Crippen LogP contribution is -1.96. The van der Waals surface area contributed by atoms with Crippen LogP contribution < -0.4 is 0 Å². The Kier molecular flexibility index (Phi) is 5.82. The van der Waals surface area contributed by atoms with Gasteiger partial charge in [-0.05, 0) is 63.5 Å². The minimum atomic E-state index is 0.680. The molecule has 0 fully saturated rings. The van der Waals surface area contributed by atoms with Crippen LogP contribution in [0, 0.1) is 0 Å². The molecule has 0 radical (unpaired) electrons. The lowest BCUT2D eigenvalue weighted by molar-refractivity contribution is 0.670. The van der Waals surface area contributed by atoms with Gasteiger partial charge in [-0.2, -0.15) is 0 Å². The molecule has 3 nitrogen and oxygen atoms in total. The number of furan rings is 1. The highest BCUT2D eigenvalue weighted by Gasteiger charge is 2.18. The van der Waals surface area contributed by atoms with Crippen LogP contribution in [0.15, 0.2) is 162 Å². The first-order valence-corrected chi connectivity index (χ1v) is 15.2. The van der Waals surface area contributed by atoms with Crippen LogP contribution in [-0.4, -0.2) is 9.97 Å². The maximum absolute atomic E-state index is 6.62. The van der Waals surface area contributed by atoms with Gasteiger partial charge in [0.2, 0.25) is 0 Å². The van der Waals surface area contributed by atoms with Crippen LogP contribution in [0.5, 0.6) is 0 Å². The number of aromatic nitrogens is 2. The van der Waals surface area contributed by atoms with Crippen molar-refractivity contribution < 1.29 is 4.42 Å². The van der Waals surface area contributed by atoms with Crippen molar-refractivity contribution in [2.75, 3.05) is 0 Å². The lowest BCUT2D eigenvalue weighted by Gasteiger charge is -2.10. The third kappa shape index (κ3) is 4.37. The lowest BCUT2D eigenvalue weighted by atomic mass is 9.95. The topological polar surface area (TPSA) is 38.9 Å². The van der Waals surface area contributed by atoms with Crippen molar-refractivity contribution in [3.8, 4) is 45.0 Å². The number of fused-ring (bicyclic) bond motifs is 5. The molecule has 0 bridgehead atoms. The van der Waals surface area contributed by atoms with E-state index in [1.54, 1.807) is 0 Å². The summed E-state index contributed by atoms with van der Waals surface area (Å²) in [5, 5.41) is 6.87. The number of nitrogens with zero attached hydrogens (tertiary/aromatic N) is 2. The molecule has 0 amide bonds. The van der Waals surface area contributed by atoms with Crippen LogP contribution >= 0.6 is 0 Å². The molecule has 0 N–H and O–H groups in total. The average molecular weight is 575 g/mol. The fourth-order valence-corrected chi connectivity index (χ4v) is 6.43. The summed E-state index contributed by atoms with van der Waals surface area (Å²) in [6, 6.07) is 54.9. The summed E-state index contributed by atoms with van der Waals surface area (Å²) in [5.41, 5.74) is 8.81. The second-order valence-corrected chi connectivity index (χ2v) is 11.4. The Labute approximate surface area is 260 Å². The van der Waals surface area contributed by atoms with Crippen LogP contribution in [0.1, 0.15) is 0 Å². The van der Waals surface area contributed by atoms with Crippen molar-refractivity contribution in [2.45, 2.75) is 0 Å². The monoisotopic (exact) mass is 574 g/mol. The second kappa shape index (κ2) is 10.3. The molecule has 0 aliphatic rings. The van der Waals surface area contributed by atoms with Crippen molar-refractivity contribution in [1.29, 1.82) is 0 Å². The van der Waals surface area contributed by atoms with E-state index in [2.05, 4.69) is 133 Å². The van der Waals surface area contributed by atoms with E-state index >= 15 is 0 Å². The Bertz CT molecular complexity index is 2530. The minimum absolute atomic E-state index is 0.680.